The van der Waals surface area contributed by atoms with E-state index in [4.69, 9.17) is 0 Å². The maximum absolute atomic E-state index is 3.30. The summed E-state index contributed by atoms with van der Waals surface area (Å²) in [6.07, 6.45) is 5.18. The summed E-state index contributed by atoms with van der Waals surface area (Å²) >= 11 is 0. The molecule has 1 aromatic carbocycles. The van der Waals surface area contributed by atoms with Gasteiger partial charge in [-0.2, -0.15) is 0 Å². The fraction of sp³-hybridized carbons (Fsp3) is 0.538. The highest BCUT2D eigenvalue weighted by Gasteiger charge is 1.93. The number of rotatable bonds is 6. The molecule has 0 aliphatic heterocycles. The molecule has 0 heterocycles. The molecule has 1 aromatic rings. The molecule has 0 aliphatic carbocycles. The smallest absolute Gasteiger partial charge is 0.0340 e. The van der Waals surface area contributed by atoms with Crippen LogP contribution in [0, 0.1) is 0 Å². The van der Waals surface area contributed by atoms with Crippen molar-refractivity contribution in [2.24, 2.45) is 0 Å². The van der Waals surface area contributed by atoms with Gasteiger partial charge in [-0.15, -0.1) is 0 Å². The minimum atomic E-state index is 0.995. The molecule has 0 saturated carbocycles. The molecule has 78 valence electrons. The van der Waals surface area contributed by atoms with Crippen LogP contribution < -0.4 is 5.32 Å². The Labute approximate surface area is 87.5 Å². The summed E-state index contributed by atoms with van der Waals surface area (Å²) in [5.74, 6) is 0. The second kappa shape index (κ2) is 6.47. The van der Waals surface area contributed by atoms with Gasteiger partial charge in [0.15, 0.2) is 0 Å². The number of anilines is 1. The van der Waals surface area contributed by atoms with Crippen molar-refractivity contribution in [1.29, 1.82) is 0 Å². The van der Waals surface area contributed by atoms with E-state index in [1.807, 2.05) is 0 Å². The molecule has 0 fully saturated rings. The van der Waals surface area contributed by atoms with Crippen molar-refractivity contribution in [2.45, 2.75) is 39.5 Å². The summed E-state index contributed by atoms with van der Waals surface area (Å²) in [6, 6.07) is 8.80. The first-order valence-corrected chi connectivity index (χ1v) is 5.69. The molecule has 1 heteroatoms. The maximum atomic E-state index is 3.30. The first-order valence-electron chi connectivity index (χ1n) is 5.69. The van der Waals surface area contributed by atoms with Crippen LogP contribution in [0.4, 0.5) is 5.69 Å². The lowest BCUT2D eigenvalue weighted by atomic mass is 10.1. The molecule has 0 aromatic heterocycles. The van der Waals surface area contributed by atoms with Gasteiger partial charge in [-0.25, -0.2) is 0 Å². The predicted molar refractivity (Wildman–Crippen MR) is 63.8 cm³/mol. The Morgan fingerprint density at radius 3 is 2.29 bits per heavy atom. The Hall–Kier alpha value is -0.980. The number of hydrogen-bond donors (Lipinski definition) is 1. The van der Waals surface area contributed by atoms with E-state index in [0.717, 1.165) is 6.54 Å². The third-order valence-electron chi connectivity index (χ3n) is 2.40. The van der Waals surface area contributed by atoms with Crippen molar-refractivity contribution in [3.8, 4) is 0 Å². The zero-order valence-electron chi connectivity index (χ0n) is 9.34. The van der Waals surface area contributed by atoms with E-state index in [2.05, 4.69) is 43.4 Å². The Morgan fingerprint density at radius 2 is 1.71 bits per heavy atom. The van der Waals surface area contributed by atoms with Crippen LogP contribution in [0.15, 0.2) is 24.3 Å². The number of aryl methyl sites for hydroxylation is 1. The second-order valence-electron chi connectivity index (χ2n) is 3.68. The van der Waals surface area contributed by atoms with Gasteiger partial charge in [0.05, 0.1) is 0 Å². The van der Waals surface area contributed by atoms with Crippen molar-refractivity contribution in [2.75, 3.05) is 11.9 Å². The third kappa shape index (κ3) is 3.82. The molecule has 0 atom stereocenters. The van der Waals surface area contributed by atoms with Crippen LogP contribution in [0.1, 0.15) is 38.7 Å². The molecule has 0 unspecified atom stereocenters. The fourth-order valence-corrected chi connectivity index (χ4v) is 1.57. The van der Waals surface area contributed by atoms with Crippen molar-refractivity contribution in [1.82, 2.24) is 0 Å². The second-order valence-corrected chi connectivity index (χ2v) is 3.68. The normalized spacial score (nSPS) is 10.1. The van der Waals surface area contributed by atoms with Crippen LogP contribution in [-0.2, 0) is 6.42 Å². The molecular formula is C13H21N. The molecule has 0 bridgehead atoms. The average Bonchev–Trinajstić information content (AvgIpc) is 2.21. The molecule has 0 saturated heterocycles. The van der Waals surface area contributed by atoms with E-state index in [0.29, 0.717) is 0 Å². The van der Waals surface area contributed by atoms with E-state index in [1.165, 1.54) is 36.9 Å². The van der Waals surface area contributed by atoms with E-state index < -0.39 is 0 Å². The largest absolute Gasteiger partial charge is 0.385 e. The standard InChI is InChI=1S/C13H21N/c1-3-5-6-7-12-8-10-13(11-9-12)14-4-2/h8-11,14H,3-7H2,1-2H3. The summed E-state index contributed by atoms with van der Waals surface area (Å²) in [5.41, 5.74) is 2.69. The Balaban J connectivity index is 2.38. The molecule has 0 aliphatic rings. The monoisotopic (exact) mass is 191 g/mol. The summed E-state index contributed by atoms with van der Waals surface area (Å²) < 4.78 is 0. The minimum Gasteiger partial charge on any atom is -0.385 e. The topological polar surface area (TPSA) is 12.0 Å². The maximum Gasteiger partial charge on any atom is 0.0340 e. The Kier molecular flexibility index (Phi) is 5.13. The van der Waals surface area contributed by atoms with E-state index in [1.54, 1.807) is 0 Å². The minimum absolute atomic E-state index is 0.995. The summed E-state index contributed by atoms with van der Waals surface area (Å²) in [6.45, 7) is 5.36. The van der Waals surface area contributed by atoms with Crippen LogP contribution in [0.25, 0.3) is 0 Å². The first-order chi connectivity index (χ1) is 6.86. The Morgan fingerprint density at radius 1 is 1.00 bits per heavy atom. The lowest BCUT2D eigenvalue weighted by molar-refractivity contribution is 0.717. The lowest BCUT2D eigenvalue weighted by Gasteiger charge is -2.04. The zero-order chi connectivity index (χ0) is 10.2. The predicted octanol–water partition coefficient (Wildman–Crippen LogP) is 3.85. The molecule has 0 radical (unpaired) electrons. The van der Waals surface area contributed by atoms with E-state index in [9.17, 15) is 0 Å². The van der Waals surface area contributed by atoms with Gasteiger partial charge < -0.3 is 5.32 Å². The van der Waals surface area contributed by atoms with E-state index in [-0.39, 0.29) is 0 Å². The van der Waals surface area contributed by atoms with Crippen LogP contribution in [-0.4, -0.2) is 6.54 Å². The molecular weight excluding hydrogens is 170 g/mol. The molecule has 0 spiro atoms. The first kappa shape index (κ1) is 11.1. The Bertz CT molecular complexity index is 238. The zero-order valence-corrected chi connectivity index (χ0v) is 9.34. The summed E-state index contributed by atoms with van der Waals surface area (Å²) in [4.78, 5) is 0. The van der Waals surface area contributed by atoms with Crippen molar-refractivity contribution >= 4 is 5.69 Å². The highest BCUT2D eigenvalue weighted by atomic mass is 14.8. The van der Waals surface area contributed by atoms with Crippen molar-refractivity contribution in [3.63, 3.8) is 0 Å². The van der Waals surface area contributed by atoms with Gasteiger partial charge in [0, 0.05) is 12.2 Å². The number of benzene rings is 1. The van der Waals surface area contributed by atoms with Crippen LogP contribution in [0.3, 0.4) is 0 Å². The van der Waals surface area contributed by atoms with Gasteiger partial charge in [0.25, 0.3) is 0 Å². The van der Waals surface area contributed by atoms with Gasteiger partial charge in [0.1, 0.15) is 0 Å². The molecule has 14 heavy (non-hydrogen) atoms. The fourth-order valence-electron chi connectivity index (χ4n) is 1.57. The highest BCUT2D eigenvalue weighted by molar-refractivity contribution is 5.44. The lowest BCUT2D eigenvalue weighted by Crippen LogP contribution is -1.96. The third-order valence-corrected chi connectivity index (χ3v) is 2.40. The van der Waals surface area contributed by atoms with Crippen LogP contribution in [0.2, 0.25) is 0 Å². The number of hydrogen-bond acceptors (Lipinski definition) is 1. The molecule has 1 rings (SSSR count). The van der Waals surface area contributed by atoms with Gasteiger partial charge in [-0.05, 0) is 37.5 Å². The van der Waals surface area contributed by atoms with Crippen LogP contribution in [0.5, 0.6) is 0 Å². The number of nitrogens with one attached hydrogen (secondary N) is 1. The summed E-state index contributed by atoms with van der Waals surface area (Å²) in [5, 5.41) is 3.30. The van der Waals surface area contributed by atoms with Gasteiger partial charge in [-0.3, -0.25) is 0 Å². The SMILES string of the molecule is CCCCCc1ccc(NCC)cc1. The van der Waals surface area contributed by atoms with Gasteiger partial charge in [-0.1, -0.05) is 31.9 Å². The van der Waals surface area contributed by atoms with Crippen LogP contribution >= 0.6 is 0 Å². The molecule has 0 amide bonds. The van der Waals surface area contributed by atoms with Gasteiger partial charge in [0.2, 0.25) is 0 Å². The molecule has 1 N–H and O–H groups in total. The van der Waals surface area contributed by atoms with Gasteiger partial charge >= 0.3 is 0 Å². The number of unbranched alkanes of at least 4 members (excludes halogenated alkanes) is 2. The van der Waals surface area contributed by atoms with Crippen molar-refractivity contribution < 1.29 is 0 Å². The van der Waals surface area contributed by atoms with Crippen molar-refractivity contribution in [3.05, 3.63) is 29.8 Å². The average molecular weight is 191 g/mol. The highest BCUT2D eigenvalue weighted by Crippen LogP contribution is 2.11. The van der Waals surface area contributed by atoms with E-state index >= 15 is 0 Å². The quantitative estimate of drug-likeness (QED) is 0.673. The molecule has 1 nitrogen and oxygen atoms in total. The summed E-state index contributed by atoms with van der Waals surface area (Å²) in [7, 11) is 0.